The van der Waals surface area contributed by atoms with Gasteiger partial charge in [-0.3, -0.25) is 9.80 Å². The molecule has 0 aromatic carbocycles. The van der Waals surface area contributed by atoms with Gasteiger partial charge in [-0.15, -0.1) is 0 Å². The Morgan fingerprint density at radius 1 is 1.15 bits per heavy atom. The second-order valence-electron chi connectivity index (χ2n) is 7.41. The number of piperazine rings is 1. The summed E-state index contributed by atoms with van der Waals surface area (Å²) in [4.78, 5) is 5.38. The molecule has 0 radical (unpaired) electrons. The lowest BCUT2D eigenvalue weighted by molar-refractivity contribution is -0.0181. The third-order valence-corrected chi connectivity index (χ3v) is 6.32. The molecule has 1 saturated carbocycles. The average molecular weight is 281 g/mol. The molecule has 0 aromatic rings. The zero-order valence-corrected chi connectivity index (χ0v) is 14.1. The van der Waals surface area contributed by atoms with E-state index in [-0.39, 0.29) is 0 Å². The predicted octanol–water partition coefficient (Wildman–Crippen LogP) is 2.56. The molecular weight excluding hydrogens is 246 g/mol. The number of nitrogens with two attached hydrogens (primary N) is 1. The van der Waals surface area contributed by atoms with Crippen LogP contribution in [-0.2, 0) is 0 Å². The second kappa shape index (κ2) is 6.76. The van der Waals surface area contributed by atoms with Crippen LogP contribution in [0.2, 0.25) is 0 Å². The number of hydrogen-bond donors (Lipinski definition) is 1. The highest BCUT2D eigenvalue weighted by atomic mass is 15.3. The minimum atomic E-state index is 0.299. The van der Waals surface area contributed by atoms with E-state index in [1.165, 1.54) is 51.9 Å². The number of hydrogen-bond acceptors (Lipinski definition) is 3. The lowest BCUT2D eigenvalue weighted by atomic mass is 9.70. The molecule has 1 heterocycles. The van der Waals surface area contributed by atoms with Crippen LogP contribution < -0.4 is 5.73 Å². The zero-order chi connectivity index (χ0) is 14.8. The Balaban J connectivity index is 1.97. The maximum absolute atomic E-state index is 6.24. The highest BCUT2D eigenvalue weighted by molar-refractivity contribution is 4.99. The molecule has 2 aliphatic rings. The van der Waals surface area contributed by atoms with Gasteiger partial charge in [-0.25, -0.2) is 0 Å². The fourth-order valence-corrected chi connectivity index (χ4v) is 4.18. The van der Waals surface area contributed by atoms with Crippen molar-refractivity contribution < 1.29 is 0 Å². The molecule has 0 amide bonds. The van der Waals surface area contributed by atoms with E-state index in [4.69, 9.17) is 5.73 Å². The monoisotopic (exact) mass is 281 g/mol. The van der Waals surface area contributed by atoms with E-state index in [2.05, 4.69) is 37.5 Å². The summed E-state index contributed by atoms with van der Waals surface area (Å²) in [6, 6.07) is 0.733. The molecule has 3 nitrogen and oxygen atoms in total. The lowest BCUT2D eigenvalue weighted by Crippen LogP contribution is -2.62. The first kappa shape index (κ1) is 16.3. The molecule has 2 N–H and O–H groups in total. The summed E-state index contributed by atoms with van der Waals surface area (Å²) in [5.41, 5.74) is 6.54. The summed E-state index contributed by atoms with van der Waals surface area (Å²) in [6.07, 6.45) is 5.22. The largest absolute Gasteiger partial charge is 0.329 e. The molecule has 118 valence electrons. The Labute approximate surface area is 125 Å². The van der Waals surface area contributed by atoms with Crippen molar-refractivity contribution in [2.45, 2.75) is 65.0 Å². The van der Waals surface area contributed by atoms with E-state index >= 15 is 0 Å². The molecule has 1 aliphatic carbocycles. The summed E-state index contributed by atoms with van der Waals surface area (Å²) in [5.74, 6) is 1.69. The highest BCUT2D eigenvalue weighted by Gasteiger charge is 2.42. The second-order valence-corrected chi connectivity index (χ2v) is 7.41. The van der Waals surface area contributed by atoms with Crippen molar-refractivity contribution in [1.82, 2.24) is 9.80 Å². The van der Waals surface area contributed by atoms with Gasteiger partial charge in [0, 0.05) is 44.3 Å². The molecule has 0 aromatic heterocycles. The van der Waals surface area contributed by atoms with Gasteiger partial charge in [0.05, 0.1) is 0 Å². The van der Waals surface area contributed by atoms with Crippen LogP contribution in [-0.4, -0.2) is 54.1 Å². The maximum Gasteiger partial charge on any atom is 0.0335 e. The van der Waals surface area contributed by atoms with Crippen LogP contribution in [0.25, 0.3) is 0 Å². The van der Waals surface area contributed by atoms with E-state index in [1.54, 1.807) is 0 Å². The first-order valence-electron chi connectivity index (χ1n) is 8.71. The highest BCUT2D eigenvalue weighted by Crippen LogP contribution is 2.39. The molecule has 2 rings (SSSR count). The molecule has 1 aliphatic heterocycles. The fourth-order valence-electron chi connectivity index (χ4n) is 4.18. The van der Waals surface area contributed by atoms with Crippen molar-refractivity contribution in [3.8, 4) is 0 Å². The van der Waals surface area contributed by atoms with Crippen molar-refractivity contribution in [1.29, 1.82) is 0 Å². The van der Waals surface area contributed by atoms with Gasteiger partial charge in [-0.05, 0) is 44.4 Å². The summed E-state index contributed by atoms with van der Waals surface area (Å²) < 4.78 is 0. The van der Waals surface area contributed by atoms with Gasteiger partial charge in [-0.2, -0.15) is 0 Å². The van der Waals surface area contributed by atoms with Crippen LogP contribution >= 0.6 is 0 Å². The van der Waals surface area contributed by atoms with Crippen molar-refractivity contribution in [3.05, 3.63) is 0 Å². The topological polar surface area (TPSA) is 32.5 Å². The Kier molecular flexibility index (Phi) is 5.49. The Morgan fingerprint density at radius 2 is 1.80 bits per heavy atom. The zero-order valence-electron chi connectivity index (χ0n) is 14.1. The summed E-state index contributed by atoms with van der Waals surface area (Å²) in [5, 5.41) is 0. The van der Waals surface area contributed by atoms with Gasteiger partial charge >= 0.3 is 0 Å². The Morgan fingerprint density at radius 3 is 2.30 bits per heavy atom. The van der Waals surface area contributed by atoms with Crippen LogP contribution in [0.4, 0.5) is 0 Å². The van der Waals surface area contributed by atoms with Crippen LogP contribution in [0.1, 0.15) is 53.4 Å². The molecule has 1 saturated heterocycles. The van der Waals surface area contributed by atoms with Crippen molar-refractivity contribution in [2.24, 2.45) is 17.6 Å². The number of rotatable bonds is 4. The fraction of sp³-hybridized carbons (Fsp3) is 1.00. The van der Waals surface area contributed by atoms with Gasteiger partial charge in [0.25, 0.3) is 0 Å². The van der Waals surface area contributed by atoms with E-state index in [9.17, 15) is 0 Å². The molecule has 4 unspecified atom stereocenters. The predicted molar refractivity (Wildman–Crippen MR) is 86.9 cm³/mol. The van der Waals surface area contributed by atoms with Gasteiger partial charge in [0.2, 0.25) is 0 Å². The first-order chi connectivity index (χ1) is 9.52. The maximum atomic E-state index is 6.24. The number of nitrogens with zero attached hydrogens (tertiary/aromatic N) is 2. The normalized spacial score (nSPS) is 38.9. The van der Waals surface area contributed by atoms with E-state index in [1.807, 2.05) is 0 Å². The summed E-state index contributed by atoms with van der Waals surface area (Å²) in [6.45, 7) is 15.2. The lowest BCUT2D eigenvalue weighted by Gasteiger charge is -2.52. The third-order valence-electron chi connectivity index (χ3n) is 6.32. The minimum absolute atomic E-state index is 0.299. The molecule has 20 heavy (non-hydrogen) atoms. The van der Waals surface area contributed by atoms with Crippen molar-refractivity contribution in [2.75, 3.05) is 32.7 Å². The smallest absolute Gasteiger partial charge is 0.0335 e. The van der Waals surface area contributed by atoms with Crippen LogP contribution in [0.5, 0.6) is 0 Å². The molecule has 4 atom stereocenters. The Hall–Kier alpha value is -0.120. The molecule has 0 spiro atoms. The van der Waals surface area contributed by atoms with Gasteiger partial charge in [0.1, 0.15) is 0 Å². The van der Waals surface area contributed by atoms with E-state index in [0.29, 0.717) is 5.54 Å². The van der Waals surface area contributed by atoms with E-state index < -0.39 is 0 Å². The molecule has 2 fully saturated rings. The van der Waals surface area contributed by atoms with Gasteiger partial charge < -0.3 is 5.73 Å². The SMILES string of the molecule is CCC(C)N1CCN(C2(CN)CCC(C)C(C)C2)CC1. The average Bonchev–Trinajstić information content (AvgIpc) is 2.49. The molecule has 3 heteroatoms. The van der Waals surface area contributed by atoms with E-state index in [0.717, 1.165) is 24.4 Å². The van der Waals surface area contributed by atoms with Crippen molar-refractivity contribution >= 4 is 0 Å². The van der Waals surface area contributed by atoms with Gasteiger partial charge in [0.15, 0.2) is 0 Å². The standard InChI is InChI=1S/C17H35N3/c1-5-16(4)19-8-10-20(11-9-19)17(13-18)7-6-14(2)15(3)12-17/h14-16H,5-13,18H2,1-4H3. The molecular formula is C17H35N3. The molecule has 0 bridgehead atoms. The first-order valence-corrected chi connectivity index (χ1v) is 8.71. The Bertz CT molecular complexity index is 299. The van der Waals surface area contributed by atoms with Crippen LogP contribution in [0, 0.1) is 11.8 Å². The van der Waals surface area contributed by atoms with Crippen molar-refractivity contribution in [3.63, 3.8) is 0 Å². The van der Waals surface area contributed by atoms with Crippen LogP contribution in [0.15, 0.2) is 0 Å². The third kappa shape index (κ3) is 3.20. The van der Waals surface area contributed by atoms with Gasteiger partial charge in [-0.1, -0.05) is 20.8 Å². The summed E-state index contributed by atoms with van der Waals surface area (Å²) >= 11 is 0. The minimum Gasteiger partial charge on any atom is -0.329 e. The quantitative estimate of drug-likeness (QED) is 0.859. The van der Waals surface area contributed by atoms with Crippen LogP contribution in [0.3, 0.4) is 0 Å². The summed E-state index contributed by atoms with van der Waals surface area (Å²) in [7, 11) is 0.